The lowest BCUT2D eigenvalue weighted by molar-refractivity contribution is -0.132. The first kappa shape index (κ1) is 15.6. The number of nitrogens with zero attached hydrogens (tertiary/aromatic N) is 4. The summed E-state index contributed by atoms with van der Waals surface area (Å²) in [7, 11) is 0. The van der Waals surface area contributed by atoms with E-state index in [1.54, 1.807) is 12.5 Å². The predicted molar refractivity (Wildman–Crippen MR) is 93.1 cm³/mol. The fourth-order valence-corrected chi connectivity index (χ4v) is 3.47. The Labute approximate surface area is 144 Å². The van der Waals surface area contributed by atoms with E-state index in [9.17, 15) is 9.59 Å². The van der Waals surface area contributed by atoms with Crippen molar-refractivity contribution >= 4 is 16.9 Å². The number of aromatic nitrogens is 4. The van der Waals surface area contributed by atoms with Crippen molar-refractivity contribution in [1.82, 2.24) is 24.4 Å². The molecule has 3 aromatic rings. The predicted octanol–water partition coefficient (Wildman–Crippen LogP) is 1.53. The van der Waals surface area contributed by atoms with Gasteiger partial charge in [0.2, 0.25) is 5.91 Å². The fraction of sp³-hybridized carbons (Fsp3) is 0.333. The minimum Gasteiger partial charge on any atom is -0.341 e. The highest BCUT2D eigenvalue weighted by molar-refractivity contribution is 5.80. The monoisotopic (exact) mass is 337 g/mol. The Bertz CT molecular complexity index is 939. The molecule has 1 aromatic carbocycles. The molecule has 1 aliphatic rings. The first-order valence-electron chi connectivity index (χ1n) is 8.43. The van der Waals surface area contributed by atoms with Gasteiger partial charge in [0.1, 0.15) is 12.9 Å². The second-order valence-electron chi connectivity index (χ2n) is 6.32. The van der Waals surface area contributed by atoms with E-state index < -0.39 is 0 Å². The molecule has 0 spiro atoms. The number of imidazole rings is 1. The van der Waals surface area contributed by atoms with Gasteiger partial charge in [-0.2, -0.15) is 0 Å². The van der Waals surface area contributed by atoms with Crippen molar-refractivity contribution in [3.05, 3.63) is 59.0 Å². The molecule has 1 fully saturated rings. The number of fused-ring (bicyclic) bond motifs is 1. The number of piperidine rings is 1. The number of hydrogen-bond acceptors (Lipinski definition) is 4. The third kappa shape index (κ3) is 3.05. The minimum atomic E-state index is -0.245. The lowest BCUT2D eigenvalue weighted by Crippen LogP contribution is -2.41. The molecule has 2 aromatic heterocycles. The van der Waals surface area contributed by atoms with Crippen molar-refractivity contribution in [2.24, 2.45) is 0 Å². The number of nitrogens with one attached hydrogen (secondary N) is 1. The normalized spacial score (nSPS) is 15.6. The zero-order valence-corrected chi connectivity index (χ0v) is 13.8. The third-order valence-electron chi connectivity index (χ3n) is 4.85. The van der Waals surface area contributed by atoms with Crippen molar-refractivity contribution in [2.45, 2.75) is 25.3 Å². The van der Waals surface area contributed by atoms with Crippen LogP contribution >= 0.6 is 0 Å². The molecule has 1 saturated heterocycles. The van der Waals surface area contributed by atoms with E-state index in [0.717, 1.165) is 29.6 Å². The number of likely N-dealkylation sites (tertiary alicyclic amines) is 1. The van der Waals surface area contributed by atoms with Crippen LogP contribution in [0.5, 0.6) is 0 Å². The summed E-state index contributed by atoms with van der Waals surface area (Å²) < 4.78 is 1.51. The molecular formula is C18H19N5O2. The van der Waals surface area contributed by atoms with E-state index in [1.807, 2.05) is 35.2 Å². The van der Waals surface area contributed by atoms with Gasteiger partial charge in [-0.25, -0.2) is 14.8 Å². The molecule has 1 aliphatic heterocycles. The van der Waals surface area contributed by atoms with Crippen LogP contribution in [0.15, 0.2) is 47.7 Å². The Balaban J connectivity index is 1.44. The molecule has 0 atom stereocenters. The lowest BCUT2D eigenvalue weighted by atomic mass is 9.93. The van der Waals surface area contributed by atoms with E-state index in [4.69, 9.17) is 0 Å². The summed E-state index contributed by atoms with van der Waals surface area (Å²) in [5, 5.41) is 0. The molecule has 7 heteroatoms. The Kier molecular flexibility index (Phi) is 4.05. The van der Waals surface area contributed by atoms with Gasteiger partial charge < -0.3 is 9.88 Å². The number of aromatic amines is 1. The molecule has 4 rings (SSSR count). The number of carbonyl (C=O) groups excluding carboxylic acids is 1. The van der Waals surface area contributed by atoms with E-state index in [-0.39, 0.29) is 18.1 Å². The van der Waals surface area contributed by atoms with E-state index in [2.05, 4.69) is 15.0 Å². The van der Waals surface area contributed by atoms with Crippen molar-refractivity contribution < 1.29 is 4.79 Å². The highest BCUT2D eigenvalue weighted by Gasteiger charge is 2.25. The molecule has 7 nitrogen and oxygen atoms in total. The van der Waals surface area contributed by atoms with Gasteiger partial charge >= 0.3 is 5.69 Å². The first-order chi connectivity index (χ1) is 12.2. The summed E-state index contributed by atoms with van der Waals surface area (Å²) >= 11 is 0. The maximum absolute atomic E-state index is 12.6. The summed E-state index contributed by atoms with van der Waals surface area (Å²) in [6.07, 6.45) is 5.08. The van der Waals surface area contributed by atoms with Gasteiger partial charge in [-0.05, 0) is 31.0 Å². The van der Waals surface area contributed by atoms with Crippen molar-refractivity contribution in [1.29, 1.82) is 0 Å². The molecule has 1 amide bonds. The van der Waals surface area contributed by atoms with Crippen LogP contribution in [-0.2, 0) is 11.3 Å². The van der Waals surface area contributed by atoms with E-state index in [1.165, 1.54) is 4.57 Å². The number of H-pyrrole nitrogens is 1. The van der Waals surface area contributed by atoms with Crippen molar-refractivity contribution in [2.75, 3.05) is 13.1 Å². The maximum atomic E-state index is 12.6. The SMILES string of the molecule is O=C(Cn1c(=O)[nH]c2ccccc21)N1CCC(c2ccncn2)CC1. The van der Waals surface area contributed by atoms with Crippen LogP contribution in [0, 0.1) is 0 Å². The molecule has 0 unspecified atom stereocenters. The molecule has 0 aliphatic carbocycles. The number of para-hydroxylation sites is 2. The van der Waals surface area contributed by atoms with Gasteiger partial charge in [-0.15, -0.1) is 0 Å². The molecule has 0 bridgehead atoms. The highest BCUT2D eigenvalue weighted by Crippen LogP contribution is 2.26. The number of benzene rings is 1. The van der Waals surface area contributed by atoms with Gasteiger partial charge in [-0.3, -0.25) is 9.36 Å². The Morgan fingerprint density at radius 1 is 1.20 bits per heavy atom. The molecule has 3 heterocycles. The standard InChI is InChI=1S/C18H19N5O2/c24-17(11-23-16-4-2-1-3-15(16)21-18(23)25)22-9-6-13(7-10-22)14-5-8-19-12-20-14/h1-5,8,12-13H,6-7,9-11H2,(H,21,25). The summed E-state index contributed by atoms with van der Waals surface area (Å²) in [6.45, 7) is 1.44. The topological polar surface area (TPSA) is 83.9 Å². The molecule has 1 N–H and O–H groups in total. The highest BCUT2D eigenvalue weighted by atomic mass is 16.2. The maximum Gasteiger partial charge on any atom is 0.326 e. The quantitative estimate of drug-likeness (QED) is 0.785. The number of carbonyl (C=O) groups is 1. The number of rotatable bonds is 3. The van der Waals surface area contributed by atoms with Crippen molar-refractivity contribution in [3.63, 3.8) is 0 Å². The van der Waals surface area contributed by atoms with Crippen molar-refractivity contribution in [3.8, 4) is 0 Å². The van der Waals surface area contributed by atoms with Crippen LogP contribution in [0.1, 0.15) is 24.5 Å². The fourth-order valence-electron chi connectivity index (χ4n) is 3.47. The smallest absolute Gasteiger partial charge is 0.326 e. The molecule has 0 saturated carbocycles. The Morgan fingerprint density at radius 2 is 2.00 bits per heavy atom. The number of amides is 1. The number of hydrogen-bond donors (Lipinski definition) is 1. The molecule has 25 heavy (non-hydrogen) atoms. The third-order valence-corrected chi connectivity index (χ3v) is 4.85. The van der Waals surface area contributed by atoms with Gasteiger partial charge in [0, 0.05) is 30.9 Å². The lowest BCUT2D eigenvalue weighted by Gasteiger charge is -2.31. The average molecular weight is 337 g/mol. The van der Waals surface area contributed by atoms with Gasteiger partial charge in [0.15, 0.2) is 0 Å². The summed E-state index contributed by atoms with van der Waals surface area (Å²) in [4.78, 5) is 37.6. The summed E-state index contributed by atoms with van der Waals surface area (Å²) in [6, 6.07) is 9.35. The molecular weight excluding hydrogens is 318 g/mol. The van der Waals surface area contributed by atoms with E-state index in [0.29, 0.717) is 19.0 Å². The van der Waals surface area contributed by atoms with Gasteiger partial charge in [0.25, 0.3) is 0 Å². The van der Waals surface area contributed by atoms with Gasteiger partial charge in [0.05, 0.1) is 11.0 Å². The van der Waals surface area contributed by atoms with Crippen LogP contribution in [0.25, 0.3) is 11.0 Å². The largest absolute Gasteiger partial charge is 0.341 e. The average Bonchev–Trinajstić information content (AvgIpc) is 2.98. The van der Waals surface area contributed by atoms with Crippen LogP contribution in [-0.4, -0.2) is 43.4 Å². The Hall–Kier alpha value is -2.96. The van der Waals surface area contributed by atoms with Crippen LogP contribution < -0.4 is 5.69 Å². The Morgan fingerprint density at radius 3 is 2.76 bits per heavy atom. The molecule has 128 valence electrons. The molecule has 0 radical (unpaired) electrons. The van der Waals surface area contributed by atoms with Gasteiger partial charge in [-0.1, -0.05) is 12.1 Å². The van der Waals surface area contributed by atoms with Crippen LogP contribution in [0.2, 0.25) is 0 Å². The summed E-state index contributed by atoms with van der Waals surface area (Å²) in [5.74, 6) is 0.343. The summed E-state index contributed by atoms with van der Waals surface area (Å²) in [5.41, 5.74) is 2.31. The minimum absolute atomic E-state index is 0.0204. The van der Waals surface area contributed by atoms with Crippen LogP contribution in [0.3, 0.4) is 0 Å². The zero-order chi connectivity index (χ0) is 17.2. The van der Waals surface area contributed by atoms with E-state index >= 15 is 0 Å². The first-order valence-corrected chi connectivity index (χ1v) is 8.43. The van der Waals surface area contributed by atoms with Crippen LogP contribution in [0.4, 0.5) is 0 Å². The second kappa shape index (κ2) is 6.51. The zero-order valence-electron chi connectivity index (χ0n) is 13.8. The second-order valence-corrected chi connectivity index (χ2v) is 6.32.